The molecule has 0 aliphatic rings. The largest absolute Gasteiger partial charge is 0.345 e. The van der Waals surface area contributed by atoms with Crippen molar-refractivity contribution < 1.29 is 0 Å². The summed E-state index contributed by atoms with van der Waals surface area (Å²) in [7, 11) is 0. The number of nitrogens with one attached hydrogen (secondary N) is 2. The Bertz CT molecular complexity index is 485. The second-order valence-electron chi connectivity index (χ2n) is 5.35. The van der Waals surface area contributed by atoms with E-state index in [1.54, 1.807) is 0 Å². The Morgan fingerprint density at radius 3 is 2.56 bits per heavy atom. The summed E-state index contributed by atoms with van der Waals surface area (Å²) in [6.07, 6.45) is 1.89. The van der Waals surface area contributed by atoms with Crippen LogP contribution in [0.1, 0.15) is 30.9 Å². The third kappa shape index (κ3) is 3.20. The molecule has 1 heterocycles. The van der Waals surface area contributed by atoms with Gasteiger partial charge in [-0.05, 0) is 12.5 Å². The SMILES string of the molecule is Cc1ncc(CNCC(C)(C)c2ccccc2)[nH]1. The van der Waals surface area contributed by atoms with Gasteiger partial charge in [-0.1, -0.05) is 44.2 Å². The summed E-state index contributed by atoms with van der Waals surface area (Å²) in [6.45, 7) is 8.25. The molecule has 96 valence electrons. The van der Waals surface area contributed by atoms with Crippen LogP contribution in [-0.4, -0.2) is 16.5 Å². The maximum Gasteiger partial charge on any atom is 0.103 e. The Kier molecular flexibility index (Phi) is 3.82. The molecule has 0 saturated heterocycles. The minimum atomic E-state index is 0.135. The predicted octanol–water partition coefficient (Wildman–Crippen LogP) is 2.79. The van der Waals surface area contributed by atoms with Crippen LogP contribution in [0.3, 0.4) is 0 Å². The minimum absolute atomic E-state index is 0.135. The van der Waals surface area contributed by atoms with Crippen LogP contribution in [0.4, 0.5) is 0 Å². The number of rotatable bonds is 5. The molecule has 0 radical (unpaired) electrons. The van der Waals surface area contributed by atoms with Gasteiger partial charge in [-0.15, -0.1) is 0 Å². The van der Waals surface area contributed by atoms with Crippen LogP contribution in [0.25, 0.3) is 0 Å². The molecule has 0 atom stereocenters. The van der Waals surface area contributed by atoms with Crippen LogP contribution < -0.4 is 5.32 Å². The number of H-pyrrole nitrogens is 1. The van der Waals surface area contributed by atoms with E-state index in [-0.39, 0.29) is 5.41 Å². The van der Waals surface area contributed by atoms with E-state index in [0.29, 0.717) is 0 Å². The van der Waals surface area contributed by atoms with Crippen molar-refractivity contribution in [2.24, 2.45) is 0 Å². The van der Waals surface area contributed by atoms with Gasteiger partial charge in [-0.25, -0.2) is 4.98 Å². The van der Waals surface area contributed by atoms with Crippen molar-refractivity contribution >= 4 is 0 Å². The number of hydrogen-bond donors (Lipinski definition) is 2. The fourth-order valence-electron chi connectivity index (χ4n) is 2.06. The van der Waals surface area contributed by atoms with Crippen LogP contribution in [-0.2, 0) is 12.0 Å². The van der Waals surface area contributed by atoms with Crippen molar-refractivity contribution in [2.75, 3.05) is 6.54 Å². The Hall–Kier alpha value is -1.61. The summed E-state index contributed by atoms with van der Waals surface area (Å²) < 4.78 is 0. The van der Waals surface area contributed by atoms with Gasteiger partial charge in [0.15, 0.2) is 0 Å². The molecular weight excluding hydrogens is 222 g/mol. The van der Waals surface area contributed by atoms with Gasteiger partial charge in [0.2, 0.25) is 0 Å². The molecule has 0 fully saturated rings. The third-order valence-corrected chi connectivity index (χ3v) is 3.19. The second-order valence-corrected chi connectivity index (χ2v) is 5.35. The first-order valence-corrected chi connectivity index (χ1v) is 6.35. The van der Waals surface area contributed by atoms with Gasteiger partial charge in [0.1, 0.15) is 5.82 Å². The molecule has 0 aliphatic carbocycles. The van der Waals surface area contributed by atoms with Crippen molar-refractivity contribution in [2.45, 2.75) is 32.7 Å². The van der Waals surface area contributed by atoms with Crippen LogP contribution >= 0.6 is 0 Å². The molecule has 3 heteroatoms. The molecule has 2 N–H and O–H groups in total. The van der Waals surface area contributed by atoms with E-state index in [2.05, 4.69) is 59.5 Å². The van der Waals surface area contributed by atoms with Crippen molar-refractivity contribution in [1.29, 1.82) is 0 Å². The molecule has 0 aliphatic heterocycles. The average Bonchev–Trinajstić information content (AvgIpc) is 2.76. The van der Waals surface area contributed by atoms with Gasteiger partial charge in [0.25, 0.3) is 0 Å². The fourth-order valence-corrected chi connectivity index (χ4v) is 2.06. The van der Waals surface area contributed by atoms with E-state index in [4.69, 9.17) is 0 Å². The summed E-state index contributed by atoms with van der Waals surface area (Å²) in [5.74, 6) is 0.967. The highest BCUT2D eigenvalue weighted by Crippen LogP contribution is 2.21. The Balaban J connectivity index is 1.89. The molecule has 1 aromatic carbocycles. The lowest BCUT2D eigenvalue weighted by Crippen LogP contribution is -2.32. The molecular formula is C15H21N3. The number of aryl methyl sites for hydroxylation is 1. The molecule has 0 unspecified atom stereocenters. The number of aromatic nitrogens is 2. The van der Waals surface area contributed by atoms with Gasteiger partial charge in [0.05, 0.1) is 0 Å². The highest BCUT2D eigenvalue weighted by molar-refractivity contribution is 5.23. The van der Waals surface area contributed by atoms with Crippen LogP contribution in [0.15, 0.2) is 36.5 Å². The third-order valence-electron chi connectivity index (χ3n) is 3.19. The summed E-state index contributed by atoms with van der Waals surface area (Å²) in [6, 6.07) is 10.6. The van der Waals surface area contributed by atoms with Crippen molar-refractivity contribution in [3.8, 4) is 0 Å². The molecule has 18 heavy (non-hydrogen) atoms. The lowest BCUT2D eigenvalue weighted by Gasteiger charge is -2.25. The van der Waals surface area contributed by atoms with E-state index >= 15 is 0 Å². The molecule has 3 nitrogen and oxygen atoms in total. The number of imidazole rings is 1. The maximum atomic E-state index is 4.19. The zero-order valence-electron chi connectivity index (χ0n) is 11.3. The number of benzene rings is 1. The first kappa shape index (κ1) is 12.8. The smallest absolute Gasteiger partial charge is 0.103 e. The van der Waals surface area contributed by atoms with Crippen LogP contribution in [0.5, 0.6) is 0 Å². The zero-order valence-corrected chi connectivity index (χ0v) is 11.3. The van der Waals surface area contributed by atoms with Crippen molar-refractivity contribution in [3.63, 3.8) is 0 Å². The summed E-state index contributed by atoms with van der Waals surface area (Å²) in [4.78, 5) is 7.42. The standard InChI is InChI=1S/C15H21N3/c1-12-17-10-14(18-12)9-16-11-15(2,3)13-7-5-4-6-8-13/h4-8,10,16H,9,11H2,1-3H3,(H,17,18). The van der Waals surface area contributed by atoms with E-state index < -0.39 is 0 Å². The summed E-state index contributed by atoms with van der Waals surface area (Å²) in [5, 5.41) is 3.48. The number of nitrogens with zero attached hydrogens (tertiary/aromatic N) is 1. The maximum absolute atomic E-state index is 4.19. The van der Waals surface area contributed by atoms with Gasteiger partial charge in [-0.2, -0.15) is 0 Å². The predicted molar refractivity (Wildman–Crippen MR) is 74.5 cm³/mol. The molecule has 0 spiro atoms. The van der Waals surface area contributed by atoms with Crippen molar-refractivity contribution in [1.82, 2.24) is 15.3 Å². The second kappa shape index (κ2) is 5.36. The minimum Gasteiger partial charge on any atom is -0.345 e. The highest BCUT2D eigenvalue weighted by Gasteiger charge is 2.19. The molecule has 1 aromatic heterocycles. The van der Waals surface area contributed by atoms with E-state index in [9.17, 15) is 0 Å². The van der Waals surface area contributed by atoms with E-state index in [1.807, 2.05) is 13.1 Å². The lowest BCUT2D eigenvalue weighted by atomic mass is 9.84. The van der Waals surface area contributed by atoms with Gasteiger partial charge in [-0.3, -0.25) is 0 Å². The number of hydrogen-bond acceptors (Lipinski definition) is 2. The van der Waals surface area contributed by atoms with Gasteiger partial charge < -0.3 is 10.3 Å². The Morgan fingerprint density at radius 2 is 1.94 bits per heavy atom. The monoisotopic (exact) mass is 243 g/mol. The zero-order chi connectivity index (χ0) is 13.0. The quantitative estimate of drug-likeness (QED) is 0.847. The van der Waals surface area contributed by atoms with Crippen molar-refractivity contribution in [3.05, 3.63) is 53.6 Å². The Morgan fingerprint density at radius 1 is 1.22 bits per heavy atom. The topological polar surface area (TPSA) is 40.7 Å². The number of aromatic amines is 1. The lowest BCUT2D eigenvalue weighted by molar-refractivity contribution is 0.467. The molecule has 2 aromatic rings. The van der Waals surface area contributed by atoms with Crippen LogP contribution in [0.2, 0.25) is 0 Å². The Labute approximate surface area is 109 Å². The van der Waals surface area contributed by atoms with Gasteiger partial charge in [0, 0.05) is 30.4 Å². The molecule has 2 rings (SSSR count). The highest BCUT2D eigenvalue weighted by atomic mass is 15.0. The first-order valence-electron chi connectivity index (χ1n) is 6.35. The summed E-state index contributed by atoms with van der Waals surface area (Å²) in [5.41, 5.74) is 2.63. The summed E-state index contributed by atoms with van der Waals surface area (Å²) >= 11 is 0. The molecule has 0 saturated carbocycles. The van der Waals surface area contributed by atoms with Crippen LogP contribution in [0, 0.1) is 6.92 Å². The molecule has 0 amide bonds. The van der Waals surface area contributed by atoms with E-state index in [0.717, 1.165) is 24.6 Å². The normalized spacial score (nSPS) is 11.7. The first-order chi connectivity index (χ1) is 8.58. The van der Waals surface area contributed by atoms with E-state index in [1.165, 1.54) is 5.56 Å². The average molecular weight is 243 g/mol. The molecule has 0 bridgehead atoms. The fraction of sp³-hybridized carbons (Fsp3) is 0.400. The van der Waals surface area contributed by atoms with Gasteiger partial charge >= 0.3 is 0 Å².